The van der Waals surface area contributed by atoms with E-state index in [0.717, 1.165) is 31.6 Å². The first-order valence-electron chi connectivity index (χ1n) is 7.43. The number of carbonyl (C=O) groups is 1. The van der Waals surface area contributed by atoms with Gasteiger partial charge in [-0.1, -0.05) is 32.9 Å². The van der Waals surface area contributed by atoms with E-state index in [1.165, 1.54) is 0 Å². The highest BCUT2D eigenvalue weighted by atomic mass is 16.5. The van der Waals surface area contributed by atoms with E-state index >= 15 is 0 Å². The second-order valence-corrected chi connectivity index (χ2v) is 6.83. The summed E-state index contributed by atoms with van der Waals surface area (Å²) < 4.78 is 5.60. The van der Waals surface area contributed by atoms with Crippen LogP contribution in [0.5, 0.6) is 0 Å². The largest absolute Gasteiger partial charge is 0.459 e. The van der Waals surface area contributed by atoms with Crippen molar-refractivity contribution >= 4 is 11.7 Å². The molecule has 1 aliphatic carbocycles. The quantitative estimate of drug-likeness (QED) is 0.655. The zero-order valence-corrected chi connectivity index (χ0v) is 12.7. The maximum atomic E-state index is 12.1. The lowest BCUT2D eigenvalue weighted by Gasteiger charge is -2.36. The van der Waals surface area contributed by atoms with Gasteiger partial charge in [-0.3, -0.25) is 0 Å². The number of esters is 1. The molecule has 1 saturated carbocycles. The van der Waals surface area contributed by atoms with Crippen molar-refractivity contribution in [3.63, 3.8) is 0 Å². The van der Waals surface area contributed by atoms with Crippen molar-refractivity contribution in [1.82, 2.24) is 0 Å². The van der Waals surface area contributed by atoms with Crippen LogP contribution in [-0.2, 0) is 4.74 Å². The average Bonchev–Trinajstić information content (AvgIpc) is 2.38. The number of nitrogens with two attached hydrogens (primary N) is 1. The average molecular weight is 275 g/mol. The van der Waals surface area contributed by atoms with E-state index in [1.807, 2.05) is 12.1 Å². The van der Waals surface area contributed by atoms with Gasteiger partial charge in [0.05, 0.1) is 5.56 Å². The molecule has 3 nitrogen and oxygen atoms in total. The molecule has 0 aliphatic heterocycles. The molecule has 0 radical (unpaired) electrons. The van der Waals surface area contributed by atoms with E-state index in [2.05, 4.69) is 20.8 Å². The summed E-state index contributed by atoms with van der Waals surface area (Å²) in [6.07, 6.45) is 4.22. The predicted molar refractivity (Wildman–Crippen MR) is 81.5 cm³/mol. The van der Waals surface area contributed by atoms with Crippen molar-refractivity contribution in [3.8, 4) is 0 Å². The molecule has 3 heteroatoms. The van der Waals surface area contributed by atoms with E-state index in [0.29, 0.717) is 16.7 Å². The summed E-state index contributed by atoms with van der Waals surface area (Å²) in [7, 11) is 0. The molecule has 110 valence electrons. The molecule has 1 fully saturated rings. The number of anilines is 1. The highest BCUT2D eigenvalue weighted by molar-refractivity contribution is 5.95. The van der Waals surface area contributed by atoms with Crippen LogP contribution in [0.3, 0.4) is 0 Å². The Kier molecular flexibility index (Phi) is 4.36. The molecule has 0 aromatic heterocycles. The van der Waals surface area contributed by atoms with Crippen molar-refractivity contribution in [2.24, 2.45) is 11.3 Å². The Balaban J connectivity index is 1.90. The van der Waals surface area contributed by atoms with Gasteiger partial charge >= 0.3 is 5.97 Å². The van der Waals surface area contributed by atoms with Gasteiger partial charge in [-0.15, -0.1) is 0 Å². The second kappa shape index (κ2) is 5.86. The van der Waals surface area contributed by atoms with E-state index in [1.54, 1.807) is 12.1 Å². The lowest BCUT2D eigenvalue weighted by molar-refractivity contribution is 0.00941. The highest BCUT2D eigenvalue weighted by Crippen LogP contribution is 2.38. The molecule has 0 atom stereocenters. The number of rotatable bonds is 2. The van der Waals surface area contributed by atoms with Crippen LogP contribution in [0.4, 0.5) is 5.69 Å². The zero-order chi connectivity index (χ0) is 14.8. The van der Waals surface area contributed by atoms with Gasteiger partial charge in [-0.05, 0) is 49.1 Å². The normalized spacial score (nSPS) is 23.4. The first-order chi connectivity index (χ1) is 9.38. The third-order valence-corrected chi connectivity index (χ3v) is 4.35. The highest BCUT2D eigenvalue weighted by Gasteiger charge is 2.31. The minimum absolute atomic E-state index is 0.0423. The number of ether oxygens (including phenoxy) is 1. The number of nitrogen functional groups attached to an aromatic ring is 1. The molecule has 0 amide bonds. The van der Waals surface area contributed by atoms with Gasteiger partial charge in [-0.25, -0.2) is 4.79 Å². The number of hydrogen-bond donors (Lipinski definition) is 1. The van der Waals surface area contributed by atoms with Crippen LogP contribution in [0.2, 0.25) is 0 Å². The second-order valence-electron chi connectivity index (χ2n) is 6.83. The molecule has 0 spiro atoms. The summed E-state index contributed by atoms with van der Waals surface area (Å²) in [4.78, 5) is 12.1. The van der Waals surface area contributed by atoms with Gasteiger partial charge in [-0.2, -0.15) is 0 Å². The third kappa shape index (κ3) is 3.53. The van der Waals surface area contributed by atoms with Crippen molar-refractivity contribution < 1.29 is 9.53 Å². The van der Waals surface area contributed by atoms with Gasteiger partial charge < -0.3 is 10.5 Å². The van der Waals surface area contributed by atoms with Crippen LogP contribution in [0, 0.1) is 11.3 Å². The molecule has 20 heavy (non-hydrogen) atoms. The standard InChI is InChI=1S/C17H25NO2/c1-17(2,3)12-8-10-13(11-9-12)20-16(19)14-6-4-5-7-15(14)18/h4-7,12-13H,8-11,18H2,1-3H3. The molecule has 2 rings (SSSR count). The maximum Gasteiger partial charge on any atom is 0.340 e. The smallest absolute Gasteiger partial charge is 0.340 e. The molecule has 1 aromatic rings. The molecule has 2 N–H and O–H groups in total. The van der Waals surface area contributed by atoms with Gasteiger partial charge in [0.25, 0.3) is 0 Å². The zero-order valence-electron chi connectivity index (χ0n) is 12.7. The predicted octanol–water partition coefficient (Wildman–Crippen LogP) is 4.03. The SMILES string of the molecule is CC(C)(C)C1CCC(OC(=O)c2ccccc2N)CC1. The number of hydrogen-bond acceptors (Lipinski definition) is 3. The van der Waals surface area contributed by atoms with Crippen LogP contribution in [-0.4, -0.2) is 12.1 Å². The summed E-state index contributed by atoms with van der Waals surface area (Å²) in [5, 5.41) is 0. The Morgan fingerprint density at radius 2 is 1.75 bits per heavy atom. The van der Waals surface area contributed by atoms with E-state index in [9.17, 15) is 4.79 Å². The van der Waals surface area contributed by atoms with Gasteiger partial charge in [0.1, 0.15) is 6.10 Å². The Hall–Kier alpha value is -1.51. The lowest BCUT2D eigenvalue weighted by Crippen LogP contribution is -2.30. The molecule has 0 heterocycles. The molecular formula is C17H25NO2. The van der Waals surface area contributed by atoms with Crippen LogP contribution in [0.1, 0.15) is 56.8 Å². The molecular weight excluding hydrogens is 250 g/mol. The van der Waals surface area contributed by atoms with Gasteiger partial charge in [0, 0.05) is 5.69 Å². The first-order valence-corrected chi connectivity index (χ1v) is 7.43. The summed E-state index contributed by atoms with van der Waals surface area (Å²) in [5.74, 6) is 0.432. The Labute approximate surface area is 121 Å². The van der Waals surface area contributed by atoms with Crippen LogP contribution < -0.4 is 5.73 Å². The van der Waals surface area contributed by atoms with Crippen molar-refractivity contribution in [1.29, 1.82) is 0 Å². The Morgan fingerprint density at radius 1 is 1.15 bits per heavy atom. The Bertz CT molecular complexity index is 468. The topological polar surface area (TPSA) is 52.3 Å². The first kappa shape index (κ1) is 14.9. The fraction of sp³-hybridized carbons (Fsp3) is 0.588. The molecule has 1 aliphatic rings. The van der Waals surface area contributed by atoms with Crippen molar-refractivity contribution in [3.05, 3.63) is 29.8 Å². The van der Waals surface area contributed by atoms with Gasteiger partial charge in [0.2, 0.25) is 0 Å². The van der Waals surface area contributed by atoms with E-state index in [4.69, 9.17) is 10.5 Å². The number of benzene rings is 1. The summed E-state index contributed by atoms with van der Waals surface area (Å²) >= 11 is 0. The monoisotopic (exact) mass is 275 g/mol. The fourth-order valence-electron chi connectivity index (χ4n) is 2.94. The number of carbonyl (C=O) groups excluding carboxylic acids is 1. The van der Waals surface area contributed by atoms with Crippen LogP contribution in [0.15, 0.2) is 24.3 Å². The van der Waals surface area contributed by atoms with E-state index < -0.39 is 0 Å². The summed E-state index contributed by atoms with van der Waals surface area (Å²) in [5.41, 5.74) is 7.12. The fourth-order valence-corrected chi connectivity index (χ4v) is 2.94. The van der Waals surface area contributed by atoms with Crippen molar-refractivity contribution in [2.75, 3.05) is 5.73 Å². The van der Waals surface area contributed by atoms with Crippen molar-refractivity contribution in [2.45, 2.75) is 52.6 Å². The maximum absolute atomic E-state index is 12.1. The van der Waals surface area contributed by atoms with E-state index in [-0.39, 0.29) is 12.1 Å². The molecule has 0 saturated heterocycles. The Morgan fingerprint density at radius 3 is 2.30 bits per heavy atom. The minimum atomic E-state index is -0.290. The lowest BCUT2D eigenvalue weighted by atomic mass is 9.72. The molecule has 0 bridgehead atoms. The van der Waals surface area contributed by atoms with Crippen LogP contribution in [0.25, 0.3) is 0 Å². The third-order valence-electron chi connectivity index (χ3n) is 4.35. The minimum Gasteiger partial charge on any atom is -0.459 e. The molecule has 0 unspecified atom stereocenters. The number of para-hydroxylation sites is 1. The summed E-state index contributed by atoms with van der Waals surface area (Å²) in [6.45, 7) is 6.86. The summed E-state index contributed by atoms with van der Waals surface area (Å²) in [6, 6.07) is 7.08. The van der Waals surface area contributed by atoms with Crippen LogP contribution >= 0.6 is 0 Å². The molecule has 1 aromatic carbocycles. The van der Waals surface area contributed by atoms with Gasteiger partial charge in [0.15, 0.2) is 0 Å².